The van der Waals surface area contributed by atoms with E-state index in [1.54, 1.807) is 18.2 Å². The average molecular weight is 269 g/mol. The molecular formula is C13H19NO5. The summed E-state index contributed by atoms with van der Waals surface area (Å²) in [5.41, 5.74) is 0.453. The Balaban J connectivity index is 2.85. The van der Waals surface area contributed by atoms with Crippen molar-refractivity contribution < 1.29 is 24.5 Å². The summed E-state index contributed by atoms with van der Waals surface area (Å²) >= 11 is 0. The second-order valence-electron chi connectivity index (χ2n) is 4.10. The van der Waals surface area contributed by atoms with Gasteiger partial charge in [0, 0.05) is 19.5 Å². The maximum absolute atomic E-state index is 10.8. The highest BCUT2D eigenvalue weighted by Crippen LogP contribution is 2.27. The number of rotatable bonds is 6. The van der Waals surface area contributed by atoms with E-state index in [0.717, 1.165) is 0 Å². The lowest BCUT2D eigenvalue weighted by atomic mass is 10.0. The van der Waals surface area contributed by atoms with Crippen LogP contribution in [0.1, 0.15) is 18.6 Å². The number of benzene rings is 1. The zero-order valence-electron chi connectivity index (χ0n) is 11.2. The van der Waals surface area contributed by atoms with Crippen molar-refractivity contribution in [1.29, 1.82) is 0 Å². The molecule has 0 bridgehead atoms. The molecule has 0 aliphatic carbocycles. The number of aliphatic hydroxyl groups is 2. The summed E-state index contributed by atoms with van der Waals surface area (Å²) < 4.78 is 10.2. The second kappa shape index (κ2) is 6.96. The summed E-state index contributed by atoms with van der Waals surface area (Å²) in [6, 6.07) is 4.87. The fourth-order valence-electron chi connectivity index (χ4n) is 1.58. The van der Waals surface area contributed by atoms with Crippen molar-refractivity contribution in [2.45, 2.75) is 19.1 Å². The van der Waals surface area contributed by atoms with Crippen molar-refractivity contribution >= 4 is 5.91 Å². The average Bonchev–Trinajstić information content (AvgIpc) is 2.42. The number of nitrogens with one attached hydrogen (secondary N) is 1. The number of hydrogen-bond acceptors (Lipinski definition) is 5. The fourth-order valence-corrected chi connectivity index (χ4v) is 1.58. The molecule has 0 saturated carbocycles. The van der Waals surface area contributed by atoms with Gasteiger partial charge >= 0.3 is 0 Å². The number of ether oxygens (including phenoxy) is 2. The van der Waals surface area contributed by atoms with Crippen LogP contribution in [0.25, 0.3) is 0 Å². The van der Waals surface area contributed by atoms with Crippen molar-refractivity contribution in [2.75, 3.05) is 20.8 Å². The van der Waals surface area contributed by atoms with Crippen LogP contribution in [-0.4, -0.2) is 43.0 Å². The maximum atomic E-state index is 10.8. The Morgan fingerprint density at radius 3 is 2.16 bits per heavy atom. The van der Waals surface area contributed by atoms with E-state index in [1.165, 1.54) is 21.1 Å². The van der Waals surface area contributed by atoms with E-state index in [-0.39, 0.29) is 12.5 Å². The Kier molecular flexibility index (Phi) is 5.59. The minimum Gasteiger partial charge on any atom is -0.497 e. The first kappa shape index (κ1) is 15.3. The van der Waals surface area contributed by atoms with Crippen LogP contribution < -0.4 is 14.8 Å². The number of carbonyl (C=O) groups is 1. The van der Waals surface area contributed by atoms with Crippen molar-refractivity contribution in [3.05, 3.63) is 23.8 Å². The van der Waals surface area contributed by atoms with E-state index < -0.39 is 12.2 Å². The number of hydrogen-bond donors (Lipinski definition) is 3. The Morgan fingerprint density at radius 2 is 1.74 bits per heavy atom. The monoisotopic (exact) mass is 269 g/mol. The van der Waals surface area contributed by atoms with Crippen LogP contribution in [0, 0.1) is 0 Å². The van der Waals surface area contributed by atoms with Gasteiger partial charge in [0.2, 0.25) is 5.91 Å². The number of carbonyl (C=O) groups excluding carboxylic acids is 1. The zero-order chi connectivity index (χ0) is 14.4. The molecule has 2 atom stereocenters. The molecule has 1 amide bonds. The van der Waals surface area contributed by atoms with E-state index in [0.29, 0.717) is 17.1 Å². The zero-order valence-corrected chi connectivity index (χ0v) is 11.2. The second-order valence-corrected chi connectivity index (χ2v) is 4.10. The summed E-state index contributed by atoms with van der Waals surface area (Å²) in [5.74, 6) is 0.759. The van der Waals surface area contributed by atoms with Crippen LogP contribution in [0.15, 0.2) is 18.2 Å². The lowest BCUT2D eigenvalue weighted by Crippen LogP contribution is -2.34. The lowest BCUT2D eigenvalue weighted by molar-refractivity contribution is -0.119. The quantitative estimate of drug-likeness (QED) is 0.688. The Morgan fingerprint density at radius 1 is 1.21 bits per heavy atom. The Bertz CT molecular complexity index is 413. The van der Waals surface area contributed by atoms with Gasteiger partial charge in [0.25, 0.3) is 0 Å². The topological polar surface area (TPSA) is 88.0 Å². The van der Waals surface area contributed by atoms with Crippen molar-refractivity contribution in [3.63, 3.8) is 0 Å². The molecular weight excluding hydrogens is 250 g/mol. The van der Waals surface area contributed by atoms with Gasteiger partial charge in [0.15, 0.2) is 0 Å². The SMILES string of the molecule is COc1cc(OC)cc(C(O)C(O)CNC(C)=O)c1. The number of amides is 1. The van der Waals surface area contributed by atoms with Crippen molar-refractivity contribution in [2.24, 2.45) is 0 Å². The van der Waals surface area contributed by atoms with E-state index in [2.05, 4.69) is 5.32 Å². The van der Waals surface area contributed by atoms with Gasteiger partial charge in [-0.2, -0.15) is 0 Å². The predicted molar refractivity (Wildman–Crippen MR) is 69.2 cm³/mol. The molecule has 0 aliphatic rings. The molecule has 106 valence electrons. The highest BCUT2D eigenvalue weighted by atomic mass is 16.5. The Hall–Kier alpha value is -1.79. The van der Waals surface area contributed by atoms with Gasteiger partial charge in [-0.3, -0.25) is 4.79 Å². The predicted octanol–water partition coefficient (Wildman–Crippen LogP) is 0.234. The first-order valence-electron chi connectivity index (χ1n) is 5.81. The molecule has 0 spiro atoms. The summed E-state index contributed by atoms with van der Waals surface area (Å²) in [6.07, 6.45) is -2.25. The van der Waals surface area contributed by atoms with Gasteiger partial charge in [0.1, 0.15) is 23.7 Å². The third kappa shape index (κ3) is 4.42. The third-order valence-electron chi connectivity index (χ3n) is 2.64. The standard InChI is InChI=1S/C13H19NO5/c1-8(15)14-7-12(16)13(17)9-4-10(18-2)6-11(5-9)19-3/h4-6,12-13,16-17H,7H2,1-3H3,(H,14,15). The first-order chi connectivity index (χ1) is 8.97. The maximum Gasteiger partial charge on any atom is 0.216 e. The minimum absolute atomic E-state index is 0.0317. The van der Waals surface area contributed by atoms with Gasteiger partial charge in [-0.05, 0) is 17.7 Å². The van der Waals surface area contributed by atoms with E-state index in [9.17, 15) is 15.0 Å². The molecule has 0 heterocycles. The van der Waals surface area contributed by atoms with Crippen LogP contribution in [0.2, 0.25) is 0 Å². The largest absolute Gasteiger partial charge is 0.497 e. The van der Waals surface area contributed by atoms with E-state index in [1.807, 2.05) is 0 Å². The number of aliphatic hydroxyl groups excluding tert-OH is 2. The van der Waals surface area contributed by atoms with Crippen LogP contribution in [-0.2, 0) is 4.79 Å². The summed E-state index contributed by atoms with van der Waals surface area (Å²) in [5, 5.41) is 22.3. The van der Waals surface area contributed by atoms with Crippen LogP contribution >= 0.6 is 0 Å². The molecule has 1 rings (SSSR count). The molecule has 1 aromatic carbocycles. The lowest BCUT2D eigenvalue weighted by Gasteiger charge is -2.19. The van der Waals surface area contributed by atoms with Gasteiger partial charge in [-0.1, -0.05) is 0 Å². The molecule has 6 heteroatoms. The summed E-state index contributed by atoms with van der Waals surface area (Å²) in [6.45, 7) is 1.31. The van der Waals surface area contributed by atoms with Crippen molar-refractivity contribution in [1.82, 2.24) is 5.32 Å². The molecule has 6 nitrogen and oxygen atoms in total. The van der Waals surface area contributed by atoms with Crippen molar-refractivity contribution in [3.8, 4) is 11.5 Å². The molecule has 0 aliphatic heterocycles. The van der Waals surface area contributed by atoms with Gasteiger partial charge in [0.05, 0.1) is 14.2 Å². The first-order valence-corrected chi connectivity index (χ1v) is 5.81. The molecule has 19 heavy (non-hydrogen) atoms. The number of methoxy groups -OCH3 is 2. The van der Waals surface area contributed by atoms with Crippen LogP contribution in [0.4, 0.5) is 0 Å². The highest BCUT2D eigenvalue weighted by molar-refractivity contribution is 5.72. The van der Waals surface area contributed by atoms with Crippen LogP contribution in [0.3, 0.4) is 0 Å². The van der Waals surface area contributed by atoms with Crippen LogP contribution in [0.5, 0.6) is 11.5 Å². The van der Waals surface area contributed by atoms with Gasteiger partial charge < -0.3 is 25.0 Å². The Labute approximate surface area is 112 Å². The summed E-state index contributed by atoms with van der Waals surface area (Å²) in [7, 11) is 3.00. The molecule has 2 unspecified atom stereocenters. The molecule has 0 saturated heterocycles. The van der Waals surface area contributed by atoms with Gasteiger partial charge in [-0.15, -0.1) is 0 Å². The summed E-state index contributed by atoms with van der Waals surface area (Å²) in [4.78, 5) is 10.8. The minimum atomic E-state index is -1.14. The molecule has 1 aromatic rings. The fraction of sp³-hybridized carbons (Fsp3) is 0.462. The van der Waals surface area contributed by atoms with E-state index >= 15 is 0 Å². The van der Waals surface area contributed by atoms with Gasteiger partial charge in [-0.25, -0.2) is 0 Å². The van der Waals surface area contributed by atoms with E-state index in [4.69, 9.17) is 9.47 Å². The molecule has 3 N–H and O–H groups in total. The third-order valence-corrected chi connectivity index (χ3v) is 2.64. The highest BCUT2D eigenvalue weighted by Gasteiger charge is 2.20. The smallest absolute Gasteiger partial charge is 0.216 e. The normalized spacial score (nSPS) is 13.5. The molecule has 0 radical (unpaired) electrons. The molecule has 0 aromatic heterocycles. The molecule has 0 fully saturated rings.